The summed E-state index contributed by atoms with van der Waals surface area (Å²) in [4.78, 5) is 24.0. The fraction of sp³-hybridized carbons (Fsp3) is 0.0526. The second kappa shape index (κ2) is 7.32. The molecule has 0 unspecified atom stereocenters. The Morgan fingerprint density at radius 3 is 2.52 bits per heavy atom. The molecular formula is C19H13ClFNO3. The highest BCUT2D eigenvalue weighted by Crippen LogP contribution is 2.23. The lowest BCUT2D eigenvalue weighted by atomic mass is 10.1. The molecule has 0 bridgehead atoms. The monoisotopic (exact) mass is 357 g/mol. The summed E-state index contributed by atoms with van der Waals surface area (Å²) < 4.78 is 18.5. The van der Waals surface area contributed by atoms with E-state index in [1.165, 1.54) is 12.1 Å². The van der Waals surface area contributed by atoms with E-state index in [4.69, 9.17) is 16.3 Å². The standard InChI is InChI=1S/C19H13ClFNO3/c20-14-8-4-9-15(21)18(14)19(24)25-11-17(23)22-16-10-3-6-12-5-1-2-7-13(12)16/h1-10H,11H2,(H,22,23). The maximum absolute atomic E-state index is 13.7. The molecular weight excluding hydrogens is 345 g/mol. The van der Waals surface area contributed by atoms with Gasteiger partial charge in [-0.05, 0) is 23.6 Å². The maximum atomic E-state index is 13.7. The Kier molecular flexibility index (Phi) is 4.95. The third kappa shape index (κ3) is 3.78. The highest BCUT2D eigenvalue weighted by Gasteiger charge is 2.18. The zero-order valence-corrected chi connectivity index (χ0v) is 13.7. The minimum absolute atomic E-state index is 0.0699. The van der Waals surface area contributed by atoms with Gasteiger partial charge in [0.1, 0.15) is 11.4 Å². The molecule has 3 aromatic rings. The Hall–Kier alpha value is -2.92. The van der Waals surface area contributed by atoms with Crippen LogP contribution < -0.4 is 5.32 Å². The van der Waals surface area contributed by atoms with Crippen LogP contribution in [-0.2, 0) is 9.53 Å². The van der Waals surface area contributed by atoms with Crippen LogP contribution in [-0.4, -0.2) is 18.5 Å². The van der Waals surface area contributed by atoms with Gasteiger partial charge in [0.05, 0.1) is 5.02 Å². The number of esters is 1. The van der Waals surface area contributed by atoms with Crippen molar-refractivity contribution in [3.8, 4) is 0 Å². The smallest absolute Gasteiger partial charge is 0.343 e. The summed E-state index contributed by atoms with van der Waals surface area (Å²) in [5.41, 5.74) is 0.213. The van der Waals surface area contributed by atoms with Crippen LogP contribution in [0.4, 0.5) is 10.1 Å². The first-order chi connectivity index (χ1) is 12.1. The highest BCUT2D eigenvalue weighted by atomic mass is 35.5. The Bertz CT molecular complexity index is 933. The van der Waals surface area contributed by atoms with E-state index >= 15 is 0 Å². The van der Waals surface area contributed by atoms with E-state index in [9.17, 15) is 14.0 Å². The van der Waals surface area contributed by atoms with Gasteiger partial charge in [0.25, 0.3) is 5.91 Å². The van der Waals surface area contributed by atoms with Crippen LogP contribution in [0.2, 0.25) is 5.02 Å². The van der Waals surface area contributed by atoms with Crippen molar-refractivity contribution < 1.29 is 18.7 Å². The number of hydrogen-bond donors (Lipinski definition) is 1. The third-order valence-electron chi connectivity index (χ3n) is 3.56. The average Bonchev–Trinajstić information content (AvgIpc) is 2.60. The molecule has 6 heteroatoms. The lowest BCUT2D eigenvalue weighted by Gasteiger charge is -2.10. The number of halogens is 2. The fourth-order valence-electron chi connectivity index (χ4n) is 2.42. The van der Waals surface area contributed by atoms with Crippen LogP contribution in [0.1, 0.15) is 10.4 Å². The Balaban J connectivity index is 1.68. The minimum Gasteiger partial charge on any atom is -0.452 e. The Labute approximate surface area is 148 Å². The van der Waals surface area contributed by atoms with E-state index in [1.807, 2.05) is 36.4 Å². The first-order valence-electron chi connectivity index (χ1n) is 7.45. The molecule has 1 N–H and O–H groups in total. The van der Waals surface area contributed by atoms with Gasteiger partial charge >= 0.3 is 5.97 Å². The first kappa shape index (κ1) is 16.9. The van der Waals surface area contributed by atoms with Crippen molar-refractivity contribution in [2.45, 2.75) is 0 Å². The van der Waals surface area contributed by atoms with Gasteiger partial charge in [0, 0.05) is 11.1 Å². The number of fused-ring (bicyclic) bond motifs is 1. The van der Waals surface area contributed by atoms with Crippen molar-refractivity contribution in [3.05, 3.63) is 77.1 Å². The molecule has 3 aromatic carbocycles. The zero-order chi connectivity index (χ0) is 17.8. The Morgan fingerprint density at radius 2 is 1.72 bits per heavy atom. The van der Waals surface area contributed by atoms with Crippen molar-refractivity contribution in [2.24, 2.45) is 0 Å². The van der Waals surface area contributed by atoms with Crippen molar-refractivity contribution in [1.29, 1.82) is 0 Å². The normalized spacial score (nSPS) is 10.5. The van der Waals surface area contributed by atoms with Gasteiger partial charge in [-0.25, -0.2) is 9.18 Å². The zero-order valence-electron chi connectivity index (χ0n) is 13.0. The van der Waals surface area contributed by atoms with Crippen LogP contribution in [0.15, 0.2) is 60.7 Å². The van der Waals surface area contributed by atoms with Gasteiger partial charge < -0.3 is 10.1 Å². The first-order valence-corrected chi connectivity index (χ1v) is 7.83. The summed E-state index contributed by atoms with van der Waals surface area (Å²) in [6, 6.07) is 16.9. The van der Waals surface area contributed by atoms with Crippen molar-refractivity contribution in [3.63, 3.8) is 0 Å². The predicted molar refractivity (Wildman–Crippen MR) is 94.3 cm³/mol. The maximum Gasteiger partial charge on any atom is 0.343 e. The number of amides is 1. The number of rotatable bonds is 4. The molecule has 0 radical (unpaired) electrons. The number of anilines is 1. The molecule has 0 heterocycles. The second-order valence-electron chi connectivity index (χ2n) is 5.25. The summed E-state index contributed by atoms with van der Waals surface area (Å²) in [5, 5.41) is 4.44. The molecule has 3 rings (SSSR count). The van der Waals surface area contributed by atoms with E-state index in [2.05, 4.69) is 5.32 Å². The number of carbonyl (C=O) groups is 2. The number of carbonyl (C=O) groups excluding carboxylic acids is 2. The second-order valence-corrected chi connectivity index (χ2v) is 5.65. The van der Waals surface area contributed by atoms with Gasteiger partial charge in [-0.3, -0.25) is 4.79 Å². The van der Waals surface area contributed by atoms with E-state index < -0.39 is 24.3 Å². The molecule has 0 aromatic heterocycles. The highest BCUT2D eigenvalue weighted by molar-refractivity contribution is 6.33. The van der Waals surface area contributed by atoms with Crippen LogP contribution >= 0.6 is 11.6 Å². The molecule has 0 spiro atoms. The van der Waals surface area contributed by atoms with Crippen molar-refractivity contribution >= 4 is 39.9 Å². The molecule has 0 aliphatic carbocycles. The van der Waals surface area contributed by atoms with Crippen LogP contribution in [0, 0.1) is 5.82 Å². The molecule has 1 amide bonds. The van der Waals surface area contributed by atoms with Crippen LogP contribution in [0.5, 0.6) is 0 Å². The predicted octanol–water partition coefficient (Wildman–Crippen LogP) is 4.43. The van der Waals surface area contributed by atoms with Gasteiger partial charge in [-0.1, -0.05) is 54.1 Å². The minimum atomic E-state index is -0.990. The summed E-state index contributed by atoms with van der Waals surface area (Å²) in [7, 11) is 0. The molecule has 4 nitrogen and oxygen atoms in total. The molecule has 0 aliphatic rings. The number of benzene rings is 3. The molecule has 0 atom stereocenters. The van der Waals surface area contributed by atoms with Gasteiger partial charge in [-0.15, -0.1) is 0 Å². The lowest BCUT2D eigenvalue weighted by Crippen LogP contribution is -2.21. The molecule has 0 fully saturated rings. The Morgan fingerprint density at radius 1 is 1.00 bits per heavy atom. The SMILES string of the molecule is O=C(COC(=O)c1c(F)cccc1Cl)Nc1cccc2ccccc12. The summed E-state index contributed by atoms with van der Waals surface area (Å²) in [6.45, 7) is -0.549. The molecule has 25 heavy (non-hydrogen) atoms. The van der Waals surface area contributed by atoms with Gasteiger partial charge in [-0.2, -0.15) is 0 Å². The van der Waals surface area contributed by atoms with Crippen LogP contribution in [0.3, 0.4) is 0 Å². The van der Waals surface area contributed by atoms with Crippen molar-refractivity contribution in [2.75, 3.05) is 11.9 Å². The van der Waals surface area contributed by atoms with E-state index in [1.54, 1.807) is 6.07 Å². The summed E-state index contributed by atoms with van der Waals surface area (Å²) in [5.74, 6) is -2.32. The summed E-state index contributed by atoms with van der Waals surface area (Å²) >= 11 is 5.79. The third-order valence-corrected chi connectivity index (χ3v) is 3.88. The van der Waals surface area contributed by atoms with Crippen molar-refractivity contribution in [1.82, 2.24) is 0 Å². The molecule has 126 valence electrons. The average molecular weight is 358 g/mol. The number of nitrogens with one attached hydrogen (secondary N) is 1. The van der Waals surface area contributed by atoms with E-state index in [0.717, 1.165) is 16.8 Å². The number of hydrogen-bond acceptors (Lipinski definition) is 3. The van der Waals surface area contributed by atoms with E-state index in [0.29, 0.717) is 5.69 Å². The van der Waals surface area contributed by atoms with Gasteiger partial charge in [0.15, 0.2) is 6.61 Å². The topological polar surface area (TPSA) is 55.4 Å². The molecule has 0 aliphatic heterocycles. The number of ether oxygens (including phenoxy) is 1. The van der Waals surface area contributed by atoms with E-state index in [-0.39, 0.29) is 10.6 Å². The molecule has 0 saturated carbocycles. The largest absolute Gasteiger partial charge is 0.452 e. The van der Waals surface area contributed by atoms with Crippen LogP contribution in [0.25, 0.3) is 10.8 Å². The summed E-state index contributed by atoms with van der Waals surface area (Å²) in [6.07, 6.45) is 0. The lowest BCUT2D eigenvalue weighted by molar-refractivity contribution is -0.119. The quantitative estimate of drug-likeness (QED) is 0.703. The fourth-order valence-corrected chi connectivity index (χ4v) is 2.66. The molecule has 0 saturated heterocycles. The van der Waals surface area contributed by atoms with Gasteiger partial charge in [0.2, 0.25) is 0 Å².